The Bertz CT molecular complexity index is 698. The molecule has 0 aromatic heterocycles. The van der Waals surface area contributed by atoms with Gasteiger partial charge in [0, 0.05) is 19.0 Å². The standard InChI is InChI=1S/C21H30N2O4/c1-14-17-8-6-5-7-16(17)9-10-23(14)19(24)18-11-15(13-26-18)12-22-20(25)27-21(2,3)4/h5-8,14-15,18H,9-13H2,1-4H3,(H,22,25)/t14-,15-,18-/m0/s1. The lowest BCUT2D eigenvalue weighted by molar-refractivity contribution is -0.143. The highest BCUT2D eigenvalue weighted by Crippen LogP contribution is 2.31. The summed E-state index contributed by atoms with van der Waals surface area (Å²) in [6, 6.07) is 8.37. The molecule has 0 aliphatic carbocycles. The summed E-state index contributed by atoms with van der Waals surface area (Å²) in [7, 11) is 0. The van der Waals surface area contributed by atoms with E-state index in [0.717, 1.165) is 13.0 Å². The second-order valence-electron chi connectivity index (χ2n) is 8.46. The van der Waals surface area contributed by atoms with E-state index in [0.29, 0.717) is 19.6 Å². The smallest absolute Gasteiger partial charge is 0.407 e. The van der Waals surface area contributed by atoms with Crippen LogP contribution in [0, 0.1) is 5.92 Å². The Kier molecular flexibility index (Phi) is 5.75. The minimum absolute atomic E-state index is 0.0526. The van der Waals surface area contributed by atoms with Crippen LogP contribution in [-0.4, -0.2) is 48.3 Å². The van der Waals surface area contributed by atoms with Crippen molar-refractivity contribution >= 4 is 12.0 Å². The molecule has 0 bridgehead atoms. The van der Waals surface area contributed by atoms with Crippen molar-refractivity contribution in [3.63, 3.8) is 0 Å². The maximum Gasteiger partial charge on any atom is 0.407 e. The van der Waals surface area contributed by atoms with Gasteiger partial charge in [-0.2, -0.15) is 0 Å². The number of ether oxygens (including phenoxy) is 2. The average Bonchev–Trinajstić information content (AvgIpc) is 3.08. The van der Waals surface area contributed by atoms with Gasteiger partial charge in [0.05, 0.1) is 12.6 Å². The number of amides is 2. The number of alkyl carbamates (subject to hydrolysis) is 1. The first-order valence-corrected chi connectivity index (χ1v) is 9.71. The van der Waals surface area contributed by atoms with Crippen molar-refractivity contribution in [3.8, 4) is 0 Å². The molecule has 2 aliphatic heterocycles. The van der Waals surface area contributed by atoms with Gasteiger partial charge in [0.25, 0.3) is 5.91 Å². The molecule has 0 radical (unpaired) electrons. The number of carbonyl (C=O) groups excluding carboxylic acids is 2. The summed E-state index contributed by atoms with van der Waals surface area (Å²) in [5.41, 5.74) is 2.02. The molecular formula is C21H30N2O4. The molecule has 1 saturated heterocycles. The van der Waals surface area contributed by atoms with Gasteiger partial charge in [0.1, 0.15) is 11.7 Å². The minimum Gasteiger partial charge on any atom is -0.444 e. The topological polar surface area (TPSA) is 67.9 Å². The Morgan fingerprint density at radius 2 is 2.04 bits per heavy atom. The van der Waals surface area contributed by atoms with Crippen LogP contribution in [0.3, 0.4) is 0 Å². The van der Waals surface area contributed by atoms with Crippen LogP contribution < -0.4 is 5.32 Å². The summed E-state index contributed by atoms with van der Waals surface area (Å²) in [6.45, 7) is 9.22. The number of benzene rings is 1. The van der Waals surface area contributed by atoms with Crippen LogP contribution in [0.5, 0.6) is 0 Å². The number of hydrogen-bond acceptors (Lipinski definition) is 4. The van der Waals surface area contributed by atoms with E-state index >= 15 is 0 Å². The molecule has 3 atom stereocenters. The number of rotatable bonds is 3. The number of fused-ring (bicyclic) bond motifs is 1. The van der Waals surface area contributed by atoms with Crippen LogP contribution >= 0.6 is 0 Å². The fourth-order valence-electron chi connectivity index (χ4n) is 3.81. The highest BCUT2D eigenvalue weighted by Gasteiger charge is 2.37. The molecule has 2 heterocycles. The zero-order chi connectivity index (χ0) is 19.6. The Balaban J connectivity index is 1.52. The largest absolute Gasteiger partial charge is 0.444 e. The van der Waals surface area contributed by atoms with Crippen LogP contribution in [0.1, 0.15) is 51.3 Å². The fraction of sp³-hybridized carbons (Fsp3) is 0.619. The molecular weight excluding hydrogens is 344 g/mol. The molecule has 0 spiro atoms. The summed E-state index contributed by atoms with van der Waals surface area (Å²) >= 11 is 0. The quantitative estimate of drug-likeness (QED) is 0.883. The summed E-state index contributed by atoms with van der Waals surface area (Å²) < 4.78 is 11.0. The SMILES string of the molecule is C[C@H]1c2ccccc2CCN1C(=O)[C@@H]1C[C@@H](CNC(=O)OC(C)(C)C)CO1. The Morgan fingerprint density at radius 3 is 2.78 bits per heavy atom. The normalized spacial score (nSPS) is 25.0. The Labute approximate surface area is 161 Å². The van der Waals surface area contributed by atoms with Crippen LogP contribution in [0.15, 0.2) is 24.3 Å². The van der Waals surface area contributed by atoms with E-state index in [1.54, 1.807) is 0 Å². The van der Waals surface area contributed by atoms with Gasteiger partial charge in [0.2, 0.25) is 0 Å². The van der Waals surface area contributed by atoms with Crippen molar-refractivity contribution in [1.29, 1.82) is 0 Å². The van der Waals surface area contributed by atoms with E-state index in [1.807, 2.05) is 37.8 Å². The fourth-order valence-corrected chi connectivity index (χ4v) is 3.81. The molecule has 6 nitrogen and oxygen atoms in total. The van der Waals surface area contributed by atoms with Crippen LogP contribution in [0.25, 0.3) is 0 Å². The molecule has 0 unspecified atom stereocenters. The predicted octanol–water partition coefficient (Wildman–Crippen LogP) is 3.06. The van der Waals surface area contributed by atoms with E-state index < -0.39 is 17.8 Å². The van der Waals surface area contributed by atoms with Gasteiger partial charge in [-0.15, -0.1) is 0 Å². The maximum absolute atomic E-state index is 13.0. The molecule has 6 heteroatoms. The number of nitrogens with zero attached hydrogens (tertiary/aromatic N) is 1. The van der Waals surface area contributed by atoms with Crippen molar-refractivity contribution in [2.75, 3.05) is 19.7 Å². The monoisotopic (exact) mass is 374 g/mol. The Morgan fingerprint density at radius 1 is 1.30 bits per heavy atom. The van der Waals surface area contributed by atoms with Gasteiger partial charge in [-0.3, -0.25) is 4.79 Å². The van der Waals surface area contributed by atoms with Crippen molar-refractivity contribution in [2.45, 2.75) is 58.3 Å². The van der Waals surface area contributed by atoms with Gasteiger partial charge in [-0.1, -0.05) is 24.3 Å². The van der Waals surface area contributed by atoms with Crippen molar-refractivity contribution in [1.82, 2.24) is 10.2 Å². The third-order valence-corrected chi connectivity index (χ3v) is 5.17. The lowest BCUT2D eigenvalue weighted by atomic mass is 9.93. The van der Waals surface area contributed by atoms with Crippen LogP contribution in [-0.2, 0) is 20.7 Å². The highest BCUT2D eigenvalue weighted by atomic mass is 16.6. The second kappa shape index (κ2) is 7.89. The number of hydrogen-bond donors (Lipinski definition) is 1. The van der Waals surface area contributed by atoms with Gasteiger partial charge >= 0.3 is 6.09 Å². The van der Waals surface area contributed by atoms with Crippen molar-refractivity contribution in [3.05, 3.63) is 35.4 Å². The first-order valence-electron chi connectivity index (χ1n) is 9.71. The van der Waals surface area contributed by atoms with Gasteiger partial charge < -0.3 is 19.7 Å². The first-order chi connectivity index (χ1) is 12.7. The molecule has 1 fully saturated rings. The third kappa shape index (κ3) is 4.80. The third-order valence-electron chi connectivity index (χ3n) is 5.17. The van der Waals surface area contributed by atoms with E-state index in [-0.39, 0.29) is 17.9 Å². The molecule has 1 N–H and O–H groups in total. The summed E-state index contributed by atoms with van der Waals surface area (Å²) in [6.07, 6.45) is 0.643. The van der Waals surface area contributed by atoms with Crippen LogP contribution in [0.2, 0.25) is 0 Å². The van der Waals surface area contributed by atoms with E-state index in [1.165, 1.54) is 11.1 Å². The molecule has 1 aromatic carbocycles. The molecule has 3 rings (SSSR count). The zero-order valence-corrected chi connectivity index (χ0v) is 16.7. The van der Waals surface area contributed by atoms with E-state index in [2.05, 4.69) is 24.4 Å². The molecule has 1 aromatic rings. The summed E-state index contributed by atoms with van der Waals surface area (Å²) in [5, 5.41) is 2.78. The lowest BCUT2D eigenvalue weighted by Gasteiger charge is -2.36. The maximum atomic E-state index is 13.0. The van der Waals surface area contributed by atoms with E-state index in [9.17, 15) is 9.59 Å². The van der Waals surface area contributed by atoms with E-state index in [4.69, 9.17) is 9.47 Å². The molecule has 148 valence electrons. The Hall–Kier alpha value is -2.08. The first kappa shape index (κ1) is 19.7. The molecule has 2 aliphatic rings. The second-order valence-corrected chi connectivity index (χ2v) is 8.46. The highest BCUT2D eigenvalue weighted by molar-refractivity contribution is 5.82. The number of nitrogens with one attached hydrogen (secondary N) is 1. The van der Waals surface area contributed by atoms with Crippen molar-refractivity contribution < 1.29 is 19.1 Å². The summed E-state index contributed by atoms with van der Waals surface area (Å²) in [4.78, 5) is 26.7. The average molecular weight is 374 g/mol. The van der Waals surface area contributed by atoms with Crippen LogP contribution in [0.4, 0.5) is 4.79 Å². The van der Waals surface area contributed by atoms with Gasteiger partial charge in [-0.25, -0.2) is 4.79 Å². The van der Waals surface area contributed by atoms with Gasteiger partial charge in [0.15, 0.2) is 0 Å². The molecule has 2 amide bonds. The zero-order valence-electron chi connectivity index (χ0n) is 16.7. The predicted molar refractivity (Wildman–Crippen MR) is 102 cm³/mol. The van der Waals surface area contributed by atoms with Gasteiger partial charge in [-0.05, 0) is 51.7 Å². The van der Waals surface area contributed by atoms with Crippen molar-refractivity contribution in [2.24, 2.45) is 5.92 Å². The molecule has 0 saturated carbocycles. The summed E-state index contributed by atoms with van der Waals surface area (Å²) in [5.74, 6) is 0.177. The minimum atomic E-state index is -0.518. The number of carbonyl (C=O) groups is 2. The lowest BCUT2D eigenvalue weighted by Crippen LogP contribution is -2.44. The molecule has 27 heavy (non-hydrogen) atoms.